The lowest BCUT2D eigenvalue weighted by atomic mass is 10.2. The van der Waals surface area contributed by atoms with Gasteiger partial charge in [0.05, 0.1) is 0 Å². The summed E-state index contributed by atoms with van der Waals surface area (Å²) in [7, 11) is 0. The van der Waals surface area contributed by atoms with Crippen LogP contribution in [0.5, 0.6) is 0 Å². The van der Waals surface area contributed by atoms with Gasteiger partial charge in [-0.1, -0.05) is 45.4 Å². The molecular formula is C14H22ClNS. The lowest BCUT2D eigenvalue weighted by Gasteiger charge is -2.15. The summed E-state index contributed by atoms with van der Waals surface area (Å²) >= 11 is 7.98. The number of halogens is 1. The van der Waals surface area contributed by atoms with Crippen molar-refractivity contribution in [2.24, 2.45) is 0 Å². The van der Waals surface area contributed by atoms with E-state index in [2.05, 4.69) is 45.1 Å². The van der Waals surface area contributed by atoms with Crippen LogP contribution < -0.4 is 5.32 Å². The lowest BCUT2D eigenvalue weighted by Crippen LogP contribution is -2.22. The third kappa shape index (κ3) is 5.33. The molecular weight excluding hydrogens is 250 g/mol. The maximum Gasteiger partial charge on any atom is 0.0417 e. The Balaban J connectivity index is 2.79. The van der Waals surface area contributed by atoms with E-state index in [1.54, 1.807) is 0 Å². The molecule has 0 saturated carbocycles. The van der Waals surface area contributed by atoms with E-state index in [-0.39, 0.29) is 0 Å². The molecule has 1 N–H and O–H groups in total. The van der Waals surface area contributed by atoms with Crippen LogP contribution in [0.25, 0.3) is 0 Å². The molecule has 0 radical (unpaired) electrons. The van der Waals surface area contributed by atoms with Gasteiger partial charge >= 0.3 is 0 Å². The molecule has 1 unspecified atom stereocenters. The Hall–Kier alpha value is -0.180. The SMILES string of the molecule is CCC(C)Sc1cc(Cl)ccc1CNC(C)C. The first-order valence-corrected chi connectivity index (χ1v) is 7.47. The number of benzene rings is 1. The van der Waals surface area contributed by atoms with Gasteiger partial charge in [0.15, 0.2) is 0 Å². The molecule has 0 bridgehead atoms. The highest BCUT2D eigenvalue weighted by Crippen LogP contribution is 2.30. The minimum Gasteiger partial charge on any atom is -0.310 e. The van der Waals surface area contributed by atoms with Gasteiger partial charge in [-0.05, 0) is 24.1 Å². The molecule has 0 aromatic heterocycles. The van der Waals surface area contributed by atoms with Crippen molar-refractivity contribution in [1.82, 2.24) is 5.32 Å². The molecule has 0 spiro atoms. The molecule has 3 heteroatoms. The molecule has 0 aliphatic carbocycles. The standard InChI is InChI=1S/C14H22ClNS/c1-5-11(4)17-14-8-13(15)7-6-12(14)9-16-10(2)3/h6-8,10-11,16H,5,9H2,1-4H3. The Morgan fingerprint density at radius 1 is 1.29 bits per heavy atom. The summed E-state index contributed by atoms with van der Waals surface area (Å²) in [5, 5.41) is 4.91. The van der Waals surface area contributed by atoms with E-state index in [4.69, 9.17) is 11.6 Å². The molecule has 0 aliphatic rings. The first-order valence-electron chi connectivity index (χ1n) is 6.21. The predicted octanol–water partition coefficient (Wildman–Crippen LogP) is 4.73. The van der Waals surface area contributed by atoms with E-state index in [0.717, 1.165) is 11.6 Å². The number of nitrogens with one attached hydrogen (secondary N) is 1. The normalized spacial score (nSPS) is 13.1. The Morgan fingerprint density at radius 2 is 2.00 bits per heavy atom. The number of thioether (sulfide) groups is 1. The van der Waals surface area contributed by atoms with Crippen molar-refractivity contribution in [3.8, 4) is 0 Å². The van der Waals surface area contributed by atoms with Crippen LogP contribution in [-0.4, -0.2) is 11.3 Å². The fourth-order valence-corrected chi connectivity index (χ4v) is 2.72. The Labute approximate surface area is 114 Å². The van der Waals surface area contributed by atoms with Gasteiger partial charge < -0.3 is 5.32 Å². The third-order valence-corrected chi connectivity index (χ3v) is 4.24. The largest absolute Gasteiger partial charge is 0.310 e. The molecule has 1 aromatic rings. The minimum absolute atomic E-state index is 0.507. The maximum atomic E-state index is 6.07. The average molecular weight is 272 g/mol. The molecule has 1 aromatic carbocycles. The molecule has 1 atom stereocenters. The third-order valence-electron chi connectivity index (χ3n) is 2.63. The van der Waals surface area contributed by atoms with E-state index >= 15 is 0 Å². The monoisotopic (exact) mass is 271 g/mol. The first kappa shape index (κ1) is 14.9. The Bertz CT molecular complexity index is 352. The van der Waals surface area contributed by atoms with Crippen molar-refractivity contribution in [2.75, 3.05) is 0 Å². The summed E-state index contributed by atoms with van der Waals surface area (Å²) in [6.45, 7) is 9.71. The zero-order chi connectivity index (χ0) is 12.8. The Morgan fingerprint density at radius 3 is 2.59 bits per heavy atom. The van der Waals surface area contributed by atoms with Crippen LogP contribution in [0.1, 0.15) is 39.7 Å². The van der Waals surface area contributed by atoms with Crippen LogP contribution in [0.4, 0.5) is 0 Å². The predicted molar refractivity (Wildman–Crippen MR) is 79.0 cm³/mol. The summed E-state index contributed by atoms with van der Waals surface area (Å²) < 4.78 is 0. The van der Waals surface area contributed by atoms with Crippen molar-refractivity contribution in [3.63, 3.8) is 0 Å². The molecule has 0 heterocycles. The van der Waals surface area contributed by atoms with Crippen LogP contribution in [0.3, 0.4) is 0 Å². The van der Waals surface area contributed by atoms with Crippen LogP contribution in [0.2, 0.25) is 5.02 Å². The van der Waals surface area contributed by atoms with Gasteiger partial charge in [0, 0.05) is 27.8 Å². The van der Waals surface area contributed by atoms with Gasteiger partial charge in [-0.15, -0.1) is 11.8 Å². The summed E-state index contributed by atoms with van der Waals surface area (Å²) in [4.78, 5) is 1.31. The van der Waals surface area contributed by atoms with E-state index in [0.29, 0.717) is 11.3 Å². The zero-order valence-corrected chi connectivity index (χ0v) is 12.7. The molecule has 0 amide bonds. The minimum atomic E-state index is 0.507. The van der Waals surface area contributed by atoms with Gasteiger partial charge in [-0.3, -0.25) is 0 Å². The van der Waals surface area contributed by atoms with E-state index < -0.39 is 0 Å². The highest BCUT2D eigenvalue weighted by atomic mass is 35.5. The van der Waals surface area contributed by atoms with Crippen molar-refractivity contribution >= 4 is 23.4 Å². The van der Waals surface area contributed by atoms with Gasteiger partial charge in [0.25, 0.3) is 0 Å². The van der Waals surface area contributed by atoms with E-state index in [1.807, 2.05) is 17.8 Å². The van der Waals surface area contributed by atoms with Gasteiger partial charge in [-0.25, -0.2) is 0 Å². The second-order valence-electron chi connectivity index (χ2n) is 4.62. The highest BCUT2D eigenvalue weighted by molar-refractivity contribution is 8.00. The van der Waals surface area contributed by atoms with Gasteiger partial charge in [0.2, 0.25) is 0 Å². The molecule has 1 nitrogen and oxygen atoms in total. The first-order chi connectivity index (χ1) is 8.02. The molecule has 0 aliphatic heterocycles. The smallest absolute Gasteiger partial charge is 0.0417 e. The van der Waals surface area contributed by atoms with E-state index in [9.17, 15) is 0 Å². The maximum absolute atomic E-state index is 6.07. The van der Waals surface area contributed by atoms with Crippen LogP contribution in [0.15, 0.2) is 23.1 Å². The average Bonchev–Trinajstić information content (AvgIpc) is 2.27. The Kier molecular flexibility index (Phi) is 6.39. The fourth-order valence-electron chi connectivity index (χ4n) is 1.40. The number of hydrogen-bond donors (Lipinski definition) is 1. The number of rotatable bonds is 6. The number of hydrogen-bond acceptors (Lipinski definition) is 2. The zero-order valence-electron chi connectivity index (χ0n) is 11.1. The summed E-state index contributed by atoms with van der Waals surface area (Å²) in [5.41, 5.74) is 1.34. The molecule has 17 heavy (non-hydrogen) atoms. The van der Waals surface area contributed by atoms with Crippen molar-refractivity contribution in [1.29, 1.82) is 0 Å². The molecule has 96 valence electrons. The van der Waals surface area contributed by atoms with E-state index in [1.165, 1.54) is 16.9 Å². The van der Waals surface area contributed by atoms with Crippen molar-refractivity contribution in [3.05, 3.63) is 28.8 Å². The second-order valence-corrected chi connectivity index (χ2v) is 6.54. The molecule has 0 fully saturated rings. The van der Waals surface area contributed by atoms with Crippen LogP contribution in [-0.2, 0) is 6.54 Å². The topological polar surface area (TPSA) is 12.0 Å². The van der Waals surface area contributed by atoms with Crippen LogP contribution in [0, 0.1) is 0 Å². The van der Waals surface area contributed by atoms with Crippen molar-refractivity contribution < 1.29 is 0 Å². The van der Waals surface area contributed by atoms with Gasteiger partial charge in [0.1, 0.15) is 0 Å². The second kappa shape index (κ2) is 7.30. The fraction of sp³-hybridized carbons (Fsp3) is 0.571. The summed E-state index contributed by atoms with van der Waals surface area (Å²) in [6.07, 6.45) is 1.17. The van der Waals surface area contributed by atoms with Gasteiger partial charge in [-0.2, -0.15) is 0 Å². The quantitative estimate of drug-likeness (QED) is 0.751. The lowest BCUT2D eigenvalue weighted by molar-refractivity contribution is 0.584. The summed E-state index contributed by atoms with van der Waals surface area (Å²) in [5.74, 6) is 0. The van der Waals surface area contributed by atoms with Crippen molar-refractivity contribution in [2.45, 2.75) is 56.8 Å². The molecule has 1 rings (SSSR count). The summed E-state index contributed by atoms with van der Waals surface area (Å²) in [6, 6.07) is 6.68. The molecule has 0 saturated heterocycles. The van der Waals surface area contributed by atoms with Crippen LogP contribution >= 0.6 is 23.4 Å². The highest BCUT2D eigenvalue weighted by Gasteiger charge is 2.08.